The number of nitrogens with one attached hydrogen (secondary N) is 3. The Bertz CT molecular complexity index is 1500. The van der Waals surface area contributed by atoms with E-state index in [1.54, 1.807) is 104 Å². The number of imide groups is 1. The molecule has 1 saturated heterocycles. The fraction of sp³-hybridized carbons (Fsp3) is 0.0968. The van der Waals surface area contributed by atoms with Crippen LogP contribution in [-0.2, 0) is 15.1 Å². The van der Waals surface area contributed by atoms with Gasteiger partial charge in [0.05, 0.1) is 7.11 Å². The minimum atomic E-state index is -1.45. The van der Waals surface area contributed by atoms with Gasteiger partial charge in [0, 0.05) is 16.9 Å². The zero-order valence-corrected chi connectivity index (χ0v) is 21.6. The Morgan fingerprint density at radius 3 is 1.82 bits per heavy atom. The van der Waals surface area contributed by atoms with E-state index in [0.717, 1.165) is 4.90 Å². The maximum absolute atomic E-state index is 13.7. The fourth-order valence-corrected chi connectivity index (χ4v) is 4.58. The average Bonchev–Trinajstić information content (AvgIpc) is 3.24. The van der Waals surface area contributed by atoms with Gasteiger partial charge in [0.2, 0.25) is 5.91 Å². The van der Waals surface area contributed by atoms with E-state index in [9.17, 15) is 19.2 Å². The van der Waals surface area contributed by atoms with Crippen LogP contribution >= 0.6 is 0 Å². The summed E-state index contributed by atoms with van der Waals surface area (Å²) in [7, 11) is 1.56. The van der Waals surface area contributed by atoms with Gasteiger partial charge in [-0.2, -0.15) is 0 Å². The number of nitrogens with zero attached hydrogens (tertiary/aromatic N) is 1. The summed E-state index contributed by atoms with van der Waals surface area (Å²) in [5.41, 5.74) is 1.14. The molecular formula is C31H26N4O5. The molecular weight excluding hydrogens is 508 g/mol. The molecule has 1 heterocycles. The van der Waals surface area contributed by atoms with Crippen molar-refractivity contribution in [3.05, 3.63) is 126 Å². The second-order valence-corrected chi connectivity index (χ2v) is 9.11. The number of hydrogen-bond acceptors (Lipinski definition) is 5. The first kappa shape index (κ1) is 26.2. The number of carbonyl (C=O) groups is 4. The van der Waals surface area contributed by atoms with Gasteiger partial charge in [-0.05, 0) is 59.7 Å². The van der Waals surface area contributed by atoms with Gasteiger partial charge in [0.1, 0.15) is 12.3 Å². The molecule has 9 nitrogen and oxygen atoms in total. The van der Waals surface area contributed by atoms with Gasteiger partial charge in [-0.25, -0.2) is 4.79 Å². The van der Waals surface area contributed by atoms with Crippen molar-refractivity contribution in [1.29, 1.82) is 0 Å². The van der Waals surface area contributed by atoms with E-state index in [2.05, 4.69) is 16.0 Å². The fourth-order valence-electron chi connectivity index (χ4n) is 4.58. The van der Waals surface area contributed by atoms with Crippen molar-refractivity contribution in [1.82, 2.24) is 10.2 Å². The number of amides is 5. The van der Waals surface area contributed by atoms with Gasteiger partial charge in [-0.1, -0.05) is 60.7 Å². The molecule has 0 aliphatic carbocycles. The highest BCUT2D eigenvalue weighted by Gasteiger charge is 2.54. The van der Waals surface area contributed by atoms with Crippen LogP contribution in [0.15, 0.2) is 109 Å². The highest BCUT2D eigenvalue weighted by Crippen LogP contribution is 2.35. The van der Waals surface area contributed by atoms with Crippen LogP contribution in [0.5, 0.6) is 5.75 Å². The Morgan fingerprint density at radius 1 is 0.750 bits per heavy atom. The molecule has 0 radical (unpaired) electrons. The number of methoxy groups -OCH3 is 1. The molecule has 0 bridgehead atoms. The lowest BCUT2D eigenvalue weighted by atomic mass is 9.82. The summed E-state index contributed by atoms with van der Waals surface area (Å²) in [5.74, 6) is -0.746. The number of rotatable bonds is 8. The van der Waals surface area contributed by atoms with Gasteiger partial charge in [0.15, 0.2) is 5.54 Å². The summed E-state index contributed by atoms with van der Waals surface area (Å²) in [6, 6.07) is 30.4. The van der Waals surface area contributed by atoms with Crippen molar-refractivity contribution >= 4 is 35.1 Å². The molecule has 0 aromatic heterocycles. The lowest BCUT2D eigenvalue weighted by Crippen LogP contribution is -2.45. The molecule has 3 N–H and O–H groups in total. The van der Waals surface area contributed by atoms with Gasteiger partial charge < -0.3 is 20.7 Å². The largest absolute Gasteiger partial charge is 0.497 e. The summed E-state index contributed by atoms with van der Waals surface area (Å²) in [4.78, 5) is 53.1. The number of hydrogen-bond donors (Lipinski definition) is 3. The number of carbonyl (C=O) groups excluding carboxylic acids is 4. The minimum absolute atomic E-state index is 0.319. The summed E-state index contributed by atoms with van der Waals surface area (Å²) in [6.07, 6.45) is 0. The SMILES string of the molecule is COc1ccc(NC(=O)c2ccc(NC(=O)CN3C(=O)NC(c4ccccc4)(c4ccccc4)C3=O)cc2)cc1. The third-order valence-corrected chi connectivity index (χ3v) is 6.60. The summed E-state index contributed by atoms with van der Waals surface area (Å²) >= 11 is 0. The smallest absolute Gasteiger partial charge is 0.326 e. The maximum atomic E-state index is 13.7. The van der Waals surface area contributed by atoms with Crippen LogP contribution in [0, 0.1) is 0 Å². The van der Waals surface area contributed by atoms with Gasteiger partial charge in [-0.15, -0.1) is 0 Å². The second-order valence-electron chi connectivity index (χ2n) is 9.11. The van der Waals surface area contributed by atoms with E-state index in [1.165, 1.54) is 0 Å². The molecule has 5 amide bonds. The molecule has 40 heavy (non-hydrogen) atoms. The zero-order chi connectivity index (χ0) is 28.1. The molecule has 1 aliphatic rings. The Morgan fingerprint density at radius 2 is 1.27 bits per heavy atom. The third-order valence-electron chi connectivity index (χ3n) is 6.60. The molecule has 0 atom stereocenters. The minimum Gasteiger partial charge on any atom is -0.497 e. The van der Waals surface area contributed by atoms with Gasteiger partial charge >= 0.3 is 6.03 Å². The predicted molar refractivity (Wildman–Crippen MR) is 150 cm³/mol. The molecule has 0 saturated carbocycles. The molecule has 9 heteroatoms. The van der Waals surface area contributed by atoms with Crippen LogP contribution in [0.4, 0.5) is 16.2 Å². The van der Waals surface area contributed by atoms with Crippen LogP contribution in [0.2, 0.25) is 0 Å². The van der Waals surface area contributed by atoms with Crippen molar-refractivity contribution in [3.63, 3.8) is 0 Å². The first-order chi connectivity index (χ1) is 19.4. The molecule has 0 spiro atoms. The number of anilines is 2. The van der Waals surface area contributed by atoms with Crippen LogP contribution in [0.3, 0.4) is 0 Å². The van der Waals surface area contributed by atoms with Crippen LogP contribution in [0.25, 0.3) is 0 Å². The second kappa shape index (κ2) is 11.1. The molecule has 4 aromatic rings. The Hall–Kier alpha value is -5.44. The molecule has 4 aromatic carbocycles. The quantitative estimate of drug-likeness (QED) is 0.290. The van der Waals surface area contributed by atoms with Crippen molar-refractivity contribution < 1.29 is 23.9 Å². The van der Waals surface area contributed by atoms with E-state index >= 15 is 0 Å². The van der Waals surface area contributed by atoms with Crippen molar-refractivity contribution in [2.45, 2.75) is 5.54 Å². The number of ether oxygens (including phenoxy) is 1. The van der Waals surface area contributed by atoms with E-state index in [4.69, 9.17) is 4.74 Å². The number of urea groups is 1. The van der Waals surface area contributed by atoms with Crippen LogP contribution in [-0.4, -0.2) is 42.3 Å². The highest BCUT2D eigenvalue weighted by molar-refractivity contribution is 6.12. The van der Waals surface area contributed by atoms with E-state index in [-0.39, 0.29) is 5.91 Å². The van der Waals surface area contributed by atoms with Crippen LogP contribution < -0.4 is 20.7 Å². The topological polar surface area (TPSA) is 117 Å². The van der Waals surface area contributed by atoms with E-state index in [0.29, 0.717) is 33.8 Å². The Kier molecular flexibility index (Phi) is 7.28. The first-order valence-corrected chi connectivity index (χ1v) is 12.5. The molecule has 0 unspecified atom stereocenters. The van der Waals surface area contributed by atoms with Crippen LogP contribution in [0.1, 0.15) is 21.5 Å². The Balaban J connectivity index is 1.27. The molecule has 1 aliphatic heterocycles. The monoisotopic (exact) mass is 534 g/mol. The molecule has 5 rings (SSSR count). The normalized spacial score (nSPS) is 13.9. The summed E-state index contributed by atoms with van der Waals surface area (Å²) < 4.78 is 5.12. The molecule has 200 valence electrons. The third kappa shape index (κ3) is 5.12. The lowest BCUT2D eigenvalue weighted by molar-refractivity contribution is -0.133. The highest BCUT2D eigenvalue weighted by atomic mass is 16.5. The van der Waals surface area contributed by atoms with Crippen molar-refractivity contribution in [2.75, 3.05) is 24.3 Å². The standard InChI is InChI=1S/C31H26N4O5/c1-40-26-18-16-25(17-19-26)33-28(37)21-12-14-24(15-13-21)32-27(36)20-35-29(38)31(34-30(35)39,22-8-4-2-5-9-22)23-10-6-3-7-11-23/h2-19H,20H2,1H3,(H,32,36)(H,33,37)(H,34,39). The van der Waals surface area contributed by atoms with Crippen molar-refractivity contribution in [3.8, 4) is 5.75 Å². The zero-order valence-electron chi connectivity index (χ0n) is 21.6. The Labute approximate surface area is 230 Å². The van der Waals surface area contributed by atoms with Crippen molar-refractivity contribution in [2.24, 2.45) is 0 Å². The molecule has 1 fully saturated rings. The predicted octanol–water partition coefficient (Wildman–Crippen LogP) is 4.38. The summed E-state index contributed by atoms with van der Waals surface area (Å²) in [6.45, 7) is -0.480. The van der Waals surface area contributed by atoms with Gasteiger partial charge in [0.25, 0.3) is 11.8 Å². The number of benzene rings is 4. The maximum Gasteiger partial charge on any atom is 0.326 e. The van der Waals surface area contributed by atoms with E-state index < -0.39 is 29.9 Å². The van der Waals surface area contributed by atoms with Gasteiger partial charge in [-0.3, -0.25) is 19.3 Å². The summed E-state index contributed by atoms with van der Waals surface area (Å²) in [5, 5.41) is 8.30. The first-order valence-electron chi connectivity index (χ1n) is 12.5. The van der Waals surface area contributed by atoms with E-state index in [1.807, 2.05) is 12.1 Å². The average molecular weight is 535 g/mol. The lowest BCUT2D eigenvalue weighted by Gasteiger charge is -2.28.